The largest absolute Gasteiger partial charge is 0.299 e. The molecule has 1 aliphatic rings. The highest BCUT2D eigenvalue weighted by Gasteiger charge is 2.26. The van der Waals surface area contributed by atoms with Crippen molar-refractivity contribution in [1.82, 2.24) is 4.98 Å². The summed E-state index contributed by atoms with van der Waals surface area (Å²) in [5.41, 5.74) is 1.04. The molecule has 0 radical (unpaired) electrons. The Morgan fingerprint density at radius 1 is 1.53 bits per heavy atom. The Labute approximate surface area is 107 Å². The first-order valence-corrected chi connectivity index (χ1v) is 7.50. The summed E-state index contributed by atoms with van der Waals surface area (Å²) < 4.78 is 0. The maximum absolute atomic E-state index is 12.2. The van der Waals surface area contributed by atoms with E-state index < -0.39 is 0 Å². The van der Waals surface area contributed by atoms with Gasteiger partial charge in [-0.25, -0.2) is 4.98 Å². The smallest absolute Gasteiger partial charge is 0.142 e. The molecule has 1 aromatic heterocycles. The summed E-state index contributed by atoms with van der Waals surface area (Å²) in [6, 6.07) is 0. The van der Waals surface area contributed by atoms with Crippen molar-refractivity contribution in [3.8, 4) is 0 Å². The first-order valence-electron chi connectivity index (χ1n) is 6.62. The van der Waals surface area contributed by atoms with Gasteiger partial charge in [0.25, 0.3) is 0 Å². The molecule has 2 rings (SSSR count). The average Bonchev–Trinajstić information content (AvgIpc) is 2.75. The molecule has 0 aromatic carbocycles. The van der Waals surface area contributed by atoms with Gasteiger partial charge in [-0.2, -0.15) is 0 Å². The number of aryl methyl sites for hydroxylation is 1. The third-order valence-electron chi connectivity index (χ3n) is 3.81. The van der Waals surface area contributed by atoms with Gasteiger partial charge in [0.15, 0.2) is 0 Å². The topological polar surface area (TPSA) is 30.0 Å². The molecule has 1 saturated carbocycles. The van der Waals surface area contributed by atoms with Gasteiger partial charge in [0.1, 0.15) is 10.8 Å². The molecule has 0 bridgehead atoms. The van der Waals surface area contributed by atoms with Crippen molar-refractivity contribution < 1.29 is 4.79 Å². The van der Waals surface area contributed by atoms with Crippen LogP contribution in [0.25, 0.3) is 0 Å². The zero-order chi connectivity index (χ0) is 12.3. The van der Waals surface area contributed by atoms with E-state index in [-0.39, 0.29) is 0 Å². The van der Waals surface area contributed by atoms with Crippen LogP contribution in [0.1, 0.15) is 49.7 Å². The minimum Gasteiger partial charge on any atom is -0.299 e. The fourth-order valence-electron chi connectivity index (χ4n) is 2.73. The van der Waals surface area contributed by atoms with Gasteiger partial charge in [0.2, 0.25) is 0 Å². The molecule has 2 unspecified atom stereocenters. The van der Waals surface area contributed by atoms with Crippen LogP contribution in [0, 0.1) is 18.8 Å². The Morgan fingerprint density at radius 3 is 3.00 bits per heavy atom. The molecule has 1 heterocycles. The Balaban J connectivity index is 1.91. The average molecular weight is 251 g/mol. The van der Waals surface area contributed by atoms with Crippen LogP contribution in [0.4, 0.5) is 0 Å². The van der Waals surface area contributed by atoms with E-state index in [0.29, 0.717) is 18.1 Å². The molecule has 17 heavy (non-hydrogen) atoms. The molecule has 3 heteroatoms. The van der Waals surface area contributed by atoms with Gasteiger partial charge >= 0.3 is 0 Å². The highest BCUT2D eigenvalue weighted by Crippen LogP contribution is 2.32. The van der Waals surface area contributed by atoms with E-state index in [1.807, 2.05) is 12.3 Å². The first-order chi connectivity index (χ1) is 8.19. The second-order valence-corrected chi connectivity index (χ2v) is 6.11. The van der Waals surface area contributed by atoms with E-state index in [0.717, 1.165) is 29.5 Å². The number of ketones is 1. The van der Waals surface area contributed by atoms with E-state index in [1.54, 1.807) is 11.3 Å². The fourth-order valence-corrected chi connectivity index (χ4v) is 3.51. The summed E-state index contributed by atoms with van der Waals surface area (Å²) in [7, 11) is 0. The minimum atomic E-state index is 0.304. The SMILES string of the molecule is CCC1CCCC(C(=O)Cc2nc(C)cs2)C1. The van der Waals surface area contributed by atoms with Gasteiger partial charge in [-0.05, 0) is 25.7 Å². The van der Waals surface area contributed by atoms with Gasteiger partial charge in [-0.3, -0.25) is 4.79 Å². The van der Waals surface area contributed by atoms with E-state index in [9.17, 15) is 4.79 Å². The van der Waals surface area contributed by atoms with Crippen LogP contribution in [0.3, 0.4) is 0 Å². The number of Topliss-reactive ketones (excluding diaryl/α,β-unsaturated/α-hetero) is 1. The molecule has 0 saturated heterocycles. The van der Waals surface area contributed by atoms with E-state index in [4.69, 9.17) is 0 Å². The lowest BCUT2D eigenvalue weighted by atomic mass is 9.78. The quantitative estimate of drug-likeness (QED) is 0.815. The lowest BCUT2D eigenvalue weighted by Crippen LogP contribution is -2.24. The van der Waals surface area contributed by atoms with Crippen LogP contribution in [0.5, 0.6) is 0 Å². The van der Waals surface area contributed by atoms with Crippen molar-refractivity contribution >= 4 is 17.1 Å². The third kappa shape index (κ3) is 3.38. The van der Waals surface area contributed by atoms with Crippen molar-refractivity contribution in [1.29, 1.82) is 0 Å². The lowest BCUT2D eigenvalue weighted by Gasteiger charge is -2.27. The Hall–Kier alpha value is -0.700. The monoisotopic (exact) mass is 251 g/mol. The highest BCUT2D eigenvalue weighted by molar-refractivity contribution is 7.09. The zero-order valence-electron chi connectivity index (χ0n) is 10.7. The maximum Gasteiger partial charge on any atom is 0.142 e. The van der Waals surface area contributed by atoms with Gasteiger partial charge < -0.3 is 0 Å². The van der Waals surface area contributed by atoms with Gasteiger partial charge in [0, 0.05) is 17.0 Å². The third-order valence-corrected chi connectivity index (χ3v) is 4.77. The summed E-state index contributed by atoms with van der Waals surface area (Å²) >= 11 is 1.62. The summed E-state index contributed by atoms with van der Waals surface area (Å²) in [5, 5.41) is 3.02. The lowest BCUT2D eigenvalue weighted by molar-refractivity contribution is -0.123. The molecule has 1 fully saturated rings. The molecule has 94 valence electrons. The number of carbonyl (C=O) groups is 1. The van der Waals surface area contributed by atoms with Gasteiger partial charge in [-0.15, -0.1) is 11.3 Å². The normalized spacial score (nSPS) is 24.8. The highest BCUT2D eigenvalue weighted by atomic mass is 32.1. The minimum absolute atomic E-state index is 0.304. The van der Waals surface area contributed by atoms with Crippen molar-refractivity contribution in [2.75, 3.05) is 0 Å². The van der Waals surface area contributed by atoms with Crippen molar-refractivity contribution in [2.45, 2.75) is 52.4 Å². The number of hydrogen-bond acceptors (Lipinski definition) is 3. The van der Waals surface area contributed by atoms with Gasteiger partial charge in [0.05, 0.1) is 6.42 Å². The second-order valence-electron chi connectivity index (χ2n) is 5.16. The standard InChI is InChI=1S/C14H21NOS/c1-3-11-5-4-6-12(7-11)13(16)8-14-15-10(2)9-17-14/h9,11-12H,3-8H2,1-2H3. The van der Waals surface area contributed by atoms with Crippen LogP contribution in [0.15, 0.2) is 5.38 Å². The first kappa shape index (κ1) is 12.7. The molecule has 1 aromatic rings. The molecular weight excluding hydrogens is 230 g/mol. The van der Waals surface area contributed by atoms with Gasteiger partial charge in [-0.1, -0.05) is 26.2 Å². The van der Waals surface area contributed by atoms with E-state index in [2.05, 4.69) is 11.9 Å². The second kappa shape index (κ2) is 5.76. The molecule has 2 nitrogen and oxygen atoms in total. The van der Waals surface area contributed by atoms with Crippen molar-refractivity contribution in [3.63, 3.8) is 0 Å². The van der Waals surface area contributed by atoms with Crippen LogP contribution in [-0.4, -0.2) is 10.8 Å². The van der Waals surface area contributed by atoms with Crippen LogP contribution < -0.4 is 0 Å². The zero-order valence-corrected chi connectivity index (χ0v) is 11.6. The molecule has 2 atom stereocenters. The number of aromatic nitrogens is 1. The van der Waals surface area contributed by atoms with Crippen LogP contribution in [-0.2, 0) is 11.2 Å². The predicted molar refractivity (Wildman–Crippen MR) is 71.3 cm³/mol. The fraction of sp³-hybridized carbons (Fsp3) is 0.714. The Bertz CT molecular complexity index is 385. The number of nitrogens with zero attached hydrogens (tertiary/aromatic N) is 1. The number of thiazole rings is 1. The number of carbonyl (C=O) groups excluding carboxylic acids is 1. The van der Waals surface area contributed by atoms with Crippen LogP contribution >= 0.6 is 11.3 Å². The Morgan fingerprint density at radius 2 is 2.35 bits per heavy atom. The number of hydrogen-bond donors (Lipinski definition) is 0. The molecule has 0 N–H and O–H groups in total. The summed E-state index contributed by atoms with van der Waals surface area (Å²) in [5.74, 6) is 1.49. The van der Waals surface area contributed by atoms with Crippen LogP contribution in [0.2, 0.25) is 0 Å². The molecule has 1 aliphatic carbocycles. The van der Waals surface area contributed by atoms with Crippen molar-refractivity contribution in [2.24, 2.45) is 11.8 Å². The number of rotatable bonds is 4. The molecular formula is C14H21NOS. The van der Waals surface area contributed by atoms with Crippen molar-refractivity contribution in [3.05, 3.63) is 16.1 Å². The maximum atomic E-state index is 12.2. The predicted octanol–water partition coefficient (Wildman–Crippen LogP) is 3.78. The molecule has 0 amide bonds. The molecule has 0 aliphatic heterocycles. The summed E-state index contributed by atoms with van der Waals surface area (Å²) in [4.78, 5) is 16.6. The summed E-state index contributed by atoms with van der Waals surface area (Å²) in [6.07, 6.45) is 6.53. The van der Waals surface area contributed by atoms with E-state index >= 15 is 0 Å². The molecule has 0 spiro atoms. The Kier molecular flexibility index (Phi) is 4.32. The summed E-state index contributed by atoms with van der Waals surface area (Å²) in [6.45, 7) is 4.22. The van der Waals surface area contributed by atoms with E-state index in [1.165, 1.54) is 19.3 Å².